The smallest absolute Gasteiger partial charge is 0.308 e. The summed E-state index contributed by atoms with van der Waals surface area (Å²) in [6, 6.07) is 0. The van der Waals surface area contributed by atoms with Gasteiger partial charge in [0.2, 0.25) is 0 Å². The highest BCUT2D eigenvalue weighted by molar-refractivity contribution is 5.69. The molecule has 0 aromatic carbocycles. The minimum Gasteiger partial charge on any atom is -0.466 e. The normalized spacial score (nSPS) is 33.1. The van der Waals surface area contributed by atoms with Gasteiger partial charge in [0, 0.05) is 0 Å². The fourth-order valence-electron chi connectivity index (χ4n) is 4.03. The molecule has 110 valence electrons. The number of fused-ring (bicyclic) bond motifs is 1. The van der Waals surface area contributed by atoms with Crippen LogP contribution in [0.1, 0.15) is 64.7 Å². The molecule has 0 amide bonds. The number of esters is 1. The summed E-state index contributed by atoms with van der Waals surface area (Å²) >= 11 is 0. The van der Waals surface area contributed by atoms with Gasteiger partial charge >= 0.3 is 5.97 Å². The minimum absolute atomic E-state index is 0.176. The maximum atomic E-state index is 11.5. The van der Waals surface area contributed by atoms with Gasteiger partial charge in [-0.2, -0.15) is 0 Å². The van der Waals surface area contributed by atoms with Crippen molar-refractivity contribution < 1.29 is 14.6 Å². The Kier molecular flexibility index (Phi) is 5.68. The summed E-state index contributed by atoms with van der Waals surface area (Å²) in [5.74, 6) is 1.73. The van der Waals surface area contributed by atoms with Crippen LogP contribution in [0.2, 0.25) is 0 Å². The molecule has 0 spiro atoms. The lowest BCUT2D eigenvalue weighted by molar-refractivity contribution is -0.146. The molecule has 4 atom stereocenters. The van der Waals surface area contributed by atoms with Gasteiger partial charge in [-0.1, -0.05) is 38.5 Å². The highest BCUT2D eigenvalue weighted by Gasteiger charge is 2.33. The van der Waals surface area contributed by atoms with Crippen molar-refractivity contribution in [3.05, 3.63) is 0 Å². The van der Waals surface area contributed by atoms with E-state index in [0.29, 0.717) is 12.5 Å². The number of ether oxygens (including phenoxy) is 1. The minimum atomic E-state index is -0.500. The molecule has 0 aliphatic heterocycles. The van der Waals surface area contributed by atoms with Crippen molar-refractivity contribution in [1.82, 2.24) is 0 Å². The van der Waals surface area contributed by atoms with Crippen molar-refractivity contribution in [2.75, 3.05) is 6.61 Å². The maximum absolute atomic E-state index is 11.5. The van der Waals surface area contributed by atoms with Crippen LogP contribution < -0.4 is 0 Å². The van der Waals surface area contributed by atoms with Crippen molar-refractivity contribution in [3.8, 4) is 0 Å². The van der Waals surface area contributed by atoms with Gasteiger partial charge < -0.3 is 9.84 Å². The van der Waals surface area contributed by atoms with Crippen molar-refractivity contribution in [2.24, 2.45) is 17.8 Å². The average Bonchev–Trinajstić information content (AvgIpc) is 2.61. The Morgan fingerprint density at radius 1 is 1.16 bits per heavy atom. The highest BCUT2D eigenvalue weighted by Crippen LogP contribution is 2.42. The Labute approximate surface area is 116 Å². The van der Waals surface area contributed by atoms with E-state index in [2.05, 4.69) is 0 Å². The van der Waals surface area contributed by atoms with Crippen molar-refractivity contribution in [1.29, 1.82) is 0 Å². The first-order chi connectivity index (χ1) is 9.20. The fraction of sp³-hybridized carbons (Fsp3) is 0.938. The van der Waals surface area contributed by atoms with Crippen LogP contribution >= 0.6 is 0 Å². The summed E-state index contributed by atoms with van der Waals surface area (Å²) in [4.78, 5) is 11.5. The summed E-state index contributed by atoms with van der Waals surface area (Å²) in [7, 11) is 0. The summed E-state index contributed by atoms with van der Waals surface area (Å²) in [5.41, 5.74) is 0. The number of aliphatic hydroxyl groups excluding tert-OH is 1. The third kappa shape index (κ3) is 4.20. The van der Waals surface area contributed by atoms with Crippen LogP contribution in [0, 0.1) is 17.8 Å². The van der Waals surface area contributed by atoms with Crippen LogP contribution in [-0.4, -0.2) is 23.8 Å². The van der Waals surface area contributed by atoms with E-state index in [-0.39, 0.29) is 12.4 Å². The molecule has 0 saturated heterocycles. The zero-order valence-electron chi connectivity index (χ0n) is 12.1. The largest absolute Gasteiger partial charge is 0.466 e. The molecular formula is C16H28O3. The van der Waals surface area contributed by atoms with Gasteiger partial charge in [0.25, 0.3) is 0 Å². The number of rotatable bonds is 4. The second kappa shape index (κ2) is 7.28. The molecule has 0 radical (unpaired) electrons. The van der Waals surface area contributed by atoms with Crippen molar-refractivity contribution >= 4 is 5.97 Å². The third-order valence-corrected chi connectivity index (χ3v) is 5.05. The van der Waals surface area contributed by atoms with E-state index in [1.165, 1.54) is 38.5 Å². The Bertz CT molecular complexity index is 290. The Morgan fingerprint density at radius 3 is 2.58 bits per heavy atom. The Hall–Kier alpha value is -0.570. The average molecular weight is 268 g/mol. The highest BCUT2D eigenvalue weighted by atomic mass is 16.5. The summed E-state index contributed by atoms with van der Waals surface area (Å²) in [5, 5.41) is 10.3. The van der Waals surface area contributed by atoms with Crippen LogP contribution in [-0.2, 0) is 9.53 Å². The first-order valence-corrected chi connectivity index (χ1v) is 8.04. The predicted octanol–water partition coefficient (Wildman–Crippen LogP) is 3.30. The summed E-state index contributed by atoms with van der Waals surface area (Å²) in [6.45, 7) is 2.21. The van der Waals surface area contributed by atoms with Gasteiger partial charge in [-0.15, -0.1) is 0 Å². The van der Waals surface area contributed by atoms with Gasteiger partial charge in [0.15, 0.2) is 0 Å². The van der Waals surface area contributed by atoms with Crippen molar-refractivity contribution in [2.45, 2.75) is 70.8 Å². The molecule has 2 fully saturated rings. The molecule has 2 aliphatic rings. The van der Waals surface area contributed by atoms with Gasteiger partial charge in [-0.25, -0.2) is 0 Å². The van der Waals surface area contributed by atoms with E-state index in [0.717, 1.165) is 24.7 Å². The third-order valence-electron chi connectivity index (χ3n) is 5.05. The number of hydrogen-bond acceptors (Lipinski definition) is 3. The quantitative estimate of drug-likeness (QED) is 0.796. The zero-order valence-corrected chi connectivity index (χ0v) is 12.1. The monoisotopic (exact) mass is 268 g/mol. The Balaban J connectivity index is 1.86. The number of hydrogen-bond donors (Lipinski definition) is 1. The lowest BCUT2D eigenvalue weighted by Gasteiger charge is -2.32. The molecule has 2 rings (SSSR count). The molecule has 19 heavy (non-hydrogen) atoms. The predicted molar refractivity (Wildman–Crippen MR) is 74.7 cm³/mol. The Morgan fingerprint density at radius 2 is 1.84 bits per heavy atom. The molecule has 0 bridgehead atoms. The van der Waals surface area contributed by atoms with Crippen LogP contribution in [0.3, 0.4) is 0 Å². The van der Waals surface area contributed by atoms with Gasteiger partial charge in [-0.3, -0.25) is 4.79 Å². The summed E-state index contributed by atoms with van der Waals surface area (Å²) in [6.07, 6.45) is 9.85. The van der Waals surface area contributed by atoms with Gasteiger partial charge in [0.1, 0.15) is 0 Å². The molecular weight excluding hydrogens is 240 g/mol. The molecule has 0 aromatic rings. The van der Waals surface area contributed by atoms with Crippen molar-refractivity contribution in [3.63, 3.8) is 0 Å². The van der Waals surface area contributed by atoms with Crippen LogP contribution in [0.4, 0.5) is 0 Å². The van der Waals surface area contributed by atoms with Crippen LogP contribution in [0.25, 0.3) is 0 Å². The lowest BCUT2D eigenvalue weighted by Crippen LogP contribution is -2.27. The zero-order chi connectivity index (χ0) is 13.7. The first-order valence-electron chi connectivity index (χ1n) is 8.04. The molecule has 3 heteroatoms. The summed E-state index contributed by atoms with van der Waals surface area (Å²) < 4.78 is 4.94. The van der Waals surface area contributed by atoms with E-state index in [1.807, 2.05) is 6.92 Å². The van der Waals surface area contributed by atoms with E-state index in [1.54, 1.807) is 0 Å². The van der Waals surface area contributed by atoms with E-state index < -0.39 is 6.10 Å². The number of aliphatic hydroxyl groups is 1. The molecule has 2 saturated carbocycles. The topological polar surface area (TPSA) is 46.5 Å². The fourth-order valence-corrected chi connectivity index (χ4v) is 4.03. The maximum Gasteiger partial charge on any atom is 0.308 e. The SMILES string of the molecule is CCOC(=O)CC(O)C1CCCC2CCCCC2C1. The van der Waals surface area contributed by atoms with E-state index in [4.69, 9.17) is 4.74 Å². The van der Waals surface area contributed by atoms with Gasteiger partial charge in [-0.05, 0) is 37.5 Å². The standard InChI is InChI=1S/C16H28O3/c1-2-19-16(18)11-15(17)14-9-5-8-12-6-3-4-7-13(12)10-14/h12-15,17H,2-11H2,1H3. The van der Waals surface area contributed by atoms with Crippen LogP contribution in [0.15, 0.2) is 0 Å². The number of carbonyl (C=O) groups is 1. The lowest BCUT2D eigenvalue weighted by atomic mass is 9.75. The van der Waals surface area contributed by atoms with E-state index >= 15 is 0 Å². The molecule has 0 aromatic heterocycles. The van der Waals surface area contributed by atoms with Crippen LogP contribution in [0.5, 0.6) is 0 Å². The van der Waals surface area contributed by atoms with E-state index in [9.17, 15) is 9.90 Å². The second-order valence-electron chi connectivity index (χ2n) is 6.31. The van der Waals surface area contributed by atoms with Gasteiger partial charge in [0.05, 0.1) is 19.1 Å². The molecule has 0 heterocycles. The molecule has 4 unspecified atom stereocenters. The number of carbonyl (C=O) groups excluding carboxylic acids is 1. The molecule has 3 nitrogen and oxygen atoms in total. The molecule has 1 N–H and O–H groups in total. The first kappa shape index (κ1) is 14.8. The second-order valence-corrected chi connectivity index (χ2v) is 6.31. The molecule has 2 aliphatic carbocycles.